The number of hydrogen-bond donors (Lipinski definition) is 2. The van der Waals surface area contributed by atoms with Gasteiger partial charge in [-0.1, -0.05) is 30.3 Å². The Kier molecular flexibility index (Phi) is 5.32. The van der Waals surface area contributed by atoms with Crippen molar-refractivity contribution in [2.75, 3.05) is 13.6 Å². The number of aromatic nitrogens is 3. The standard InChI is InChI=1S/C20H25N5O/c1-13(2)25-19-17(12-23-25)16(20(26)22-11-14(3)21-4)10-18(24-19)15-8-6-5-7-9-15/h5-10,12-14,21H,11H2,1-4H3,(H,22,26). The van der Waals surface area contributed by atoms with Crippen molar-refractivity contribution in [3.05, 3.63) is 48.2 Å². The summed E-state index contributed by atoms with van der Waals surface area (Å²) < 4.78 is 1.86. The molecule has 0 spiro atoms. The first-order valence-corrected chi connectivity index (χ1v) is 8.90. The molecular weight excluding hydrogens is 326 g/mol. The third kappa shape index (κ3) is 3.60. The molecule has 0 saturated heterocycles. The summed E-state index contributed by atoms with van der Waals surface area (Å²) >= 11 is 0. The van der Waals surface area contributed by atoms with E-state index in [9.17, 15) is 4.79 Å². The molecule has 0 aliphatic rings. The second kappa shape index (κ2) is 7.66. The molecule has 3 aromatic rings. The van der Waals surface area contributed by atoms with Crippen molar-refractivity contribution in [1.29, 1.82) is 0 Å². The zero-order valence-electron chi connectivity index (χ0n) is 15.7. The fourth-order valence-electron chi connectivity index (χ4n) is 2.78. The lowest BCUT2D eigenvalue weighted by molar-refractivity contribution is 0.0952. The number of fused-ring (bicyclic) bond motifs is 1. The summed E-state index contributed by atoms with van der Waals surface area (Å²) in [5.41, 5.74) is 3.08. The number of benzene rings is 1. The smallest absolute Gasteiger partial charge is 0.252 e. The zero-order chi connectivity index (χ0) is 18.7. The summed E-state index contributed by atoms with van der Waals surface area (Å²) in [6.45, 7) is 6.68. The Bertz CT molecular complexity index is 901. The van der Waals surface area contributed by atoms with Gasteiger partial charge in [0.1, 0.15) is 0 Å². The molecule has 1 unspecified atom stereocenters. The third-order valence-electron chi connectivity index (χ3n) is 4.43. The Morgan fingerprint density at radius 1 is 1.19 bits per heavy atom. The highest BCUT2D eigenvalue weighted by molar-refractivity contribution is 6.06. The van der Waals surface area contributed by atoms with E-state index in [1.165, 1.54) is 0 Å². The maximum atomic E-state index is 12.8. The molecule has 0 bridgehead atoms. The molecule has 136 valence electrons. The molecule has 6 nitrogen and oxygen atoms in total. The van der Waals surface area contributed by atoms with E-state index in [0.717, 1.165) is 22.3 Å². The van der Waals surface area contributed by atoms with Crippen LogP contribution < -0.4 is 10.6 Å². The van der Waals surface area contributed by atoms with Gasteiger partial charge in [-0.15, -0.1) is 0 Å². The molecule has 2 N–H and O–H groups in total. The predicted molar refractivity (Wildman–Crippen MR) is 104 cm³/mol. The second-order valence-electron chi connectivity index (χ2n) is 6.74. The summed E-state index contributed by atoms with van der Waals surface area (Å²) in [5, 5.41) is 11.3. The van der Waals surface area contributed by atoms with Gasteiger partial charge >= 0.3 is 0 Å². The number of amides is 1. The van der Waals surface area contributed by atoms with Crippen LogP contribution >= 0.6 is 0 Å². The van der Waals surface area contributed by atoms with Crippen LogP contribution in [0.3, 0.4) is 0 Å². The Labute approximate surface area is 153 Å². The molecule has 2 heterocycles. The number of pyridine rings is 1. The third-order valence-corrected chi connectivity index (χ3v) is 4.43. The lowest BCUT2D eigenvalue weighted by Gasteiger charge is -2.13. The summed E-state index contributed by atoms with van der Waals surface area (Å²) in [5.74, 6) is -0.111. The van der Waals surface area contributed by atoms with E-state index in [-0.39, 0.29) is 18.0 Å². The van der Waals surface area contributed by atoms with E-state index in [0.29, 0.717) is 12.1 Å². The maximum Gasteiger partial charge on any atom is 0.252 e. The van der Waals surface area contributed by atoms with Crippen molar-refractivity contribution in [2.24, 2.45) is 0 Å². The molecule has 0 aliphatic carbocycles. The minimum atomic E-state index is -0.111. The Balaban J connectivity index is 2.10. The molecule has 0 saturated carbocycles. The van der Waals surface area contributed by atoms with Crippen LogP contribution in [0.4, 0.5) is 0 Å². The lowest BCUT2D eigenvalue weighted by Crippen LogP contribution is -2.37. The molecule has 6 heteroatoms. The fourth-order valence-corrected chi connectivity index (χ4v) is 2.78. The number of carbonyl (C=O) groups excluding carboxylic acids is 1. The molecule has 3 rings (SSSR count). The van der Waals surface area contributed by atoms with Crippen molar-refractivity contribution in [3.63, 3.8) is 0 Å². The van der Waals surface area contributed by atoms with Crippen LogP contribution in [0.25, 0.3) is 22.3 Å². The summed E-state index contributed by atoms with van der Waals surface area (Å²) in [7, 11) is 1.88. The molecule has 0 fully saturated rings. The minimum Gasteiger partial charge on any atom is -0.350 e. The number of likely N-dealkylation sites (N-methyl/N-ethyl adjacent to an activating group) is 1. The fraction of sp³-hybridized carbons (Fsp3) is 0.350. The van der Waals surface area contributed by atoms with Crippen molar-refractivity contribution in [3.8, 4) is 11.3 Å². The van der Waals surface area contributed by atoms with Gasteiger partial charge in [0.25, 0.3) is 5.91 Å². The number of rotatable bonds is 6. The van der Waals surface area contributed by atoms with Crippen molar-refractivity contribution >= 4 is 16.9 Å². The lowest BCUT2D eigenvalue weighted by atomic mass is 10.1. The van der Waals surface area contributed by atoms with Gasteiger partial charge < -0.3 is 10.6 Å². The molecule has 0 aliphatic heterocycles. The number of nitrogens with one attached hydrogen (secondary N) is 2. The van der Waals surface area contributed by atoms with Crippen LogP contribution in [0.15, 0.2) is 42.6 Å². The van der Waals surface area contributed by atoms with Gasteiger partial charge in [-0.3, -0.25) is 4.79 Å². The first-order chi connectivity index (χ1) is 12.5. The Morgan fingerprint density at radius 3 is 2.58 bits per heavy atom. The van der Waals surface area contributed by atoms with Crippen LogP contribution in [0.5, 0.6) is 0 Å². The van der Waals surface area contributed by atoms with Gasteiger partial charge in [0.2, 0.25) is 0 Å². The average molecular weight is 351 g/mol. The Morgan fingerprint density at radius 2 is 1.92 bits per heavy atom. The quantitative estimate of drug-likeness (QED) is 0.716. The minimum absolute atomic E-state index is 0.111. The van der Waals surface area contributed by atoms with Crippen molar-refractivity contribution in [1.82, 2.24) is 25.4 Å². The van der Waals surface area contributed by atoms with E-state index in [4.69, 9.17) is 4.98 Å². The first kappa shape index (κ1) is 18.1. The monoisotopic (exact) mass is 351 g/mol. The first-order valence-electron chi connectivity index (χ1n) is 8.90. The molecule has 26 heavy (non-hydrogen) atoms. The molecule has 1 aromatic carbocycles. The Hall–Kier alpha value is -2.73. The van der Waals surface area contributed by atoms with Crippen LogP contribution in [-0.4, -0.2) is 40.3 Å². The largest absolute Gasteiger partial charge is 0.350 e. The summed E-state index contributed by atoms with van der Waals surface area (Å²) in [4.78, 5) is 17.6. The number of carbonyl (C=O) groups is 1. The summed E-state index contributed by atoms with van der Waals surface area (Å²) in [6.07, 6.45) is 1.73. The highest BCUT2D eigenvalue weighted by Crippen LogP contribution is 2.26. The van der Waals surface area contributed by atoms with E-state index >= 15 is 0 Å². The van der Waals surface area contributed by atoms with E-state index < -0.39 is 0 Å². The van der Waals surface area contributed by atoms with Gasteiger partial charge in [0.05, 0.1) is 22.8 Å². The normalized spacial score (nSPS) is 12.5. The van der Waals surface area contributed by atoms with Gasteiger partial charge in [-0.25, -0.2) is 9.67 Å². The van der Waals surface area contributed by atoms with E-state index in [1.807, 2.05) is 55.1 Å². The van der Waals surface area contributed by atoms with Crippen LogP contribution in [0, 0.1) is 0 Å². The molecule has 2 aromatic heterocycles. The van der Waals surface area contributed by atoms with Crippen LogP contribution in [0.2, 0.25) is 0 Å². The highest BCUT2D eigenvalue weighted by Gasteiger charge is 2.18. The average Bonchev–Trinajstić information content (AvgIpc) is 3.10. The van der Waals surface area contributed by atoms with E-state index in [2.05, 4.69) is 29.6 Å². The van der Waals surface area contributed by atoms with Crippen LogP contribution in [0.1, 0.15) is 37.2 Å². The van der Waals surface area contributed by atoms with Gasteiger partial charge in [0.15, 0.2) is 5.65 Å². The zero-order valence-corrected chi connectivity index (χ0v) is 15.7. The molecular formula is C20H25N5O. The van der Waals surface area contributed by atoms with Crippen molar-refractivity contribution in [2.45, 2.75) is 32.9 Å². The topological polar surface area (TPSA) is 71.8 Å². The maximum absolute atomic E-state index is 12.8. The molecule has 1 atom stereocenters. The molecule has 1 amide bonds. The summed E-state index contributed by atoms with van der Waals surface area (Å²) in [6, 6.07) is 12.1. The second-order valence-corrected chi connectivity index (χ2v) is 6.74. The van der Waals surface area contributed by atoms with Gasteiger partial charge in [-0.05, 0) is 33.9 Å². The van der Waals surface area contributed by atoms with Crippen molar-refractivity contribution < 1.29 is 4.79 Å². The van der Waals surface area contributed by atoms with Gasteiger partial charge in [0, 0.05) is 24.2 Å². The van der Waals surface area contributed by atoms with Gasteiger partial charge in [-0.2, -0.15) is 5.10 Å². The SMILES string of the molecule is CNC(C)CNC(=O)c1cc(-c2ccccc2)nc2c1cnn2C(C)C. The molecule has 0 radical (unpaired) electrons. The van der Waals surface area contributed by atoms with E-state index in [1.54, 1.807) is 6.20 Å². The number of nitrogens with zero attached hydrogens (tertiary/aromatic N) is 3. The highest BCUT2D eigenvalue weighted by atomic mass is 16.1. The number of hydrogen-bond acceptors (Lipinski definition) is 4. The van der Waals surface area contributed by atoms with Crippen LogP contribution in [-0.2, 0) is 0 Å². The predicted octanol–water partition coefficient (Wildman–Crippen LogP) is 3.02.